The van der Waals surface area contributed by atoms with Crippen molar-refractivity contribution in [2.24, 2.45) is 5.73 Å². The first kappa shape index (κ1) is 13.4. The van der Waals surface area contributed by atoms with Crippen LogP contribution in [0.2, 0.25) is 0 Å². The van der Waals surface area contributed by atoms with Gasteiger partial charge in [0.15, 0.2) is 0 Å². The average molecular weight is 265 g/mol. The summed E-state index contributed by atoms with van der Waals surface area (Å²) in [6.07, 6.45) is 1.99. The third-order valence-electron chi connectivity index (χ3n) is 2.82. The molecule has 5 nitrogen and oxygen atoms in total. The summed E-state index contributed by atoms with van der Waals surface area (Å²) in [5, 5.41) is 10.3. The van der Waals surface area contributed by atoms with E-state index in [1.807, 2.05) is 0 Å². The van der Waals surface area contributed by atoms with Gasteiger partial charge in [-0.25, -0.2) is 4.39 Å². The number of ether oxygens (including phenoxy) is 1. The minimum Gasteiger partial charge on any atom is -0.508 e. The molecule has 6 heteroatoms. The van der Waals surface area contributed by atoms with Crippen LogP contribution in [0.15, 0.2) is 24.4 Å². The van der Waals surface area contributed by atoms with Gasteiger partial charge in [0.05, 0.1) is 0 Å². The Morgan fingerprint density at radius 2 is 2.32 bits per heavy atom. The van der Waals surface area contributed by atoms with Crippen LogP contribution in [0.5, 0.6) is 5.75 Å². The fourth-order valence-electron chi connectivity index (χ4n) is 1.90. The number of phenolic OH excluding ortho intramolecular Hbond substituents is 1. The highest BCUT2D eigenvalue weighted by molar-refractivity contribution is 5.85. The van der Waals surface area contributed by atoms with Crippen LogP contribution in [0.1, 0.15) is 5.56 Å². The molecule has 0 fully saturated rings. The standard InChI is InChI=1S/C13H15FN2O3/c14-3-4-19-13(18)11(15)5-8-7-16-12-2-1-9(17)6-10(8)12/h1-2,6-7,11,16-17H,3-5,15H2/t11-/m0/s1/i14-1. The molecule has 0 bridgehead atoms. The lowest BCUT2D eigenvalue weighted by Gasteiger charge is -2.10. The second-order valence-corrected chi connectivity index (χ2v) is 4.21. The molecule has 1 aromatic heterocycles. The number of benzene rings is 1. The molecular formula is C13H15FN2O3. The van der Waals surface area contributed by atoms with E-state index in [0.29, 0.717) is 0 Å². The maximum Gasteiger partial charge on any atom is 0.323 e. The third kappa shape index (κ3) is 3.03. The van der Waals surface area contributed by atoms with Gasteiger partial charge in [0.2, 0.25) is 0 Å². The molecule has 0 aliphatic heterocycles. The Morgan fingerprint density at radius 1 is 1.53 bits per heavy atom. The molecule has 0 amide bonds. The first-order valence-corrected chi connectivity index (χ1v) is 5.89. The third-order valence-corrected chi connectivity index (χ3v) is 2.82. The summed E-state index contributed by atoms with van der Waals surface area (Å²) >= 11 is 0. The van der Waals surface area contributed by atoms with Gasteiger partial charge in [-0.15, -0.1) is 0 Å². The molecule has 0 aliphatic carbocycles. The number of esters is 1. The monoisotopic (exact) mass is 265 g/mol. The molecular weight excluding hydrogens is 250 g/mol. The predicted octanol–water partition coefficient (Wildman–Crippen LogP) is 1.26. The van der Waals surface area contributed by atoms with E-state index >= 15 is 0 Å². The number of hydrogen-bond donors (Lipinski definition) is 3. The number of aromatic amines is 1. The number of H-pyrrole nitrogens is 1. The van der Waals surface area contributed by atoms with Gasteiger partial charge in [-0.05, 0) is 23.8 Å². The Bertz CT molecular complexity index is 582. The number of carbonyl (C=O) groups excluding carboxylic acids is 1. The van der Waals surface area contributed by atoms with Gasteiger partial charge >= 0.3 is 5.97 Å². The van der Waals surface area contributed by atoms with Crippen molar-refractivity contribution in [2.75, 3.05) is 13.3 Å². The smallest absolute Gasteiger partial charge is 0.323 e. The first-order chi connectivity index (χ1) is 9.11. The minimum absolute atomic E-state index is 0.141. The molecule has 1 atom stereocenters. The maximum absolute atomic E-state index is 11.9. The highest BCUT2D eigenvalue weighted by Crippen LogP contribution is 2.23. The molecule has 1 aromatic carbocycles. The van der Waals surface area contributed by atoms with E-state index in [1.54, 1.807) is 24.4 Å². The van der Waals surface area contributed by atoms with Crippen molar-refractivity contribution in [2.45, 2.75) is 12.5 Å². The zero-order chi connectivity index (χ0) is 13.8. The number of halogens is 1. The van der Waals surface area contributed by atoms with Gasteiger partial charge in [0.1, 0.15) is 25.1 Å². The fourth-order valence-corrected chi connectivity index (χ4v) is 1.90. The predicted molar refractivity (Wildman–Crippen MR) is 68.6 cm³/mol. The lowest BCUT2D eigenvalue weighted by molar-refractivity contribution is -0.145. The number of hydrogen-bond acceptors (Lipinski definition) is 4. The number of carbonyl (C=O) groups is 1. The second kappa shape index (κ2) is 5.71. The number of nitrogens with two attached hydrogens (primary N) is 1. The lowest BCUT2D eigenvalue weighted by Crippen LogP contribution is -2.34. The molecule has 1 heterocycles. The molecule has 0 saturated carbocycles. The molecule has 2 aromatic rings. The lowest BCUT2D eigenvalue weighted by atomic mass is 10.1. The number of fused-ring (bicyclic) bond motifs is 1. The second-order valence-electron chi connectivity index (χ2n) is 4.21. The van der Waals surface area contributed by atoms with Crippen molar-refractivity contribution in [1.29, 1.82) is 0 Å². The normalized spacial score (nSPS) is 12.5. The topological polar surface area (TPSA) is 88.3 Å². The van der Waals surface area contributed by atoms with Gasteiger partial charge in [0.25, 0.3) is 0 Å². The van der Waals surface area contributed by atoms with Crippen molar-refractivity contribution in [3.05, 3.63) is 30.0 Å². The van der Waals surface area contributed by atoms with Gasteiger partial charge in [0, 0.05) is 23.5 Å². The molecule has 102 valence electrons. The largest absolute Gasteiger partial charge is 0.508 e. The van der Waals surface area contributed by atoms with E-state index in [2.05, 4.69) is 9.72 Å². The molecule has 19 heavy (non-hydrogen) atoms. The van der Waals surface area contributed by atoms with Crippen molar-refractivity contribution in [3.8, 4) is 5.75 Å². The Kier molecular flexibility index (Phi) is 4.01. The zero-order valence-electron chi connectivity index (χ0n) is 10.2. The highest BCUT2D eigenvalue weighted by Gasteiger charge is 2.17. The number of aromatic nitrogens is 1. The Morgan fingerprint density at radius 3 is 3.05 bits per heavy atom. The molecule has 2 rings (SSSR count). The molecule has 0 radical (unpaired) electrons. The SMILES string of the molecule is N[C@@H](Cc1c[nH]c2ccc(O)cc12)C(=O)OCC[18F]. The number of rotatable bonds is 5. The summed E-state index contributed by atoms with van der Waals surface area (Å²) in [6, 6.07) is 4.05. The van der Waals surface area contributed by atoms with E-state index < -0.39 is 18.7 Å². The fraction of sp³-hybridized carbons (Fsp3) is 0.308. The number of nitrogens with one attached hydrogen (secondary N) is 1. The number of phenols is 1. The molecule has 4 N–H and O–H groups in total. The quantitative estimate of drug-likeness (QED) is 0.710. The van der Waals surface area contributed by atoms with Gasteiger partial charge in [-0.3, -0.25) is 4.79 Å². The molecule has 0 spiro atoms. The van der Waals surface area contributed by atoms with Crippen molar-refractivity contribution in [1.82, 2.24) is 4.98 Å². The molecule has 0 unspecified atom stereocenters. The van der Waals surface area contributed by atoms with E-state index in [4.69, 9.17) is 5.73 Å². The van der Waals surface area contributed by atoms with E-state index in [1.165, 1.54) is 0 Å². The van der Waals surface area contributed by atoms with Crippen molar-refractivity contribution in [3.63, 3.8) is 0 Å². The summed E-state index contributed by atoms with van der Waals surface area (Å²) < 4.78 is 16.5. The van der Waals surface area contributed by atoms with Crippen LogP contribution in [0.4, 0.5) is 4.39 Å². The van der Waals surface area contributed by atoms with Gasteiger partial charge < -0.3 is 20.6 Å². The number of aromatic hydroxyl groups is 1. The summed E-state index contributed by atoms with van der Waals surface area (Å²) in [6.45, 7) is -0.999. The summed E-state index contributed by atoms with van der Waals surface area (Å²) in [5.74, 6) is -0.492. The van der Waals surface area contributed by atoms with E-state index in [0.717, 1.165) is 16.5 Å². The van der Waals surface area contributed by atoms with Crippen LogP contribution in [-0.4, -0.2) is 35.4 Å². The van der Waals surface area contributed by atoms with Crippen LogP contribution >= 0.6 is 0 Å². The van der Waals surface area contributed by atoms with Crippen LogP contribution in [0.25, 0.3) is 10.9 Å². The zero-order valence-corrected chi connectivity index (χ0v) is 10.2. The Labute approximate surface area is 109 Å². The van der Waals surface area contributed by atoms with Crippen molar-refractivity contribution >= 4 is 16.9 Å². The van der Waals surface area contributed by atoms with Crippen LogP contribution in [0, 0.1) is 0 Å². The summed E-state index contributed by atoms with van der Waals surface area (Å²) in [5.41, 5.74) is 7.35. The van der Waals surface area contributed by atoms with Crippen molar-refractivity contribution < 1.29 is 19.0 Å². The average Bonchev–Trinajstić information content (AvgIpc) is 2.78. The van der Waals surface area contributed by atoms with Crippen LogP contribution in [0.3, 0.4) is 0 Å². The summed E-state index contributed by atoms with van der Waals surface area (Å²) in [7, 11) is 0. The number of alkyl halides is 1. The van der Waals surface area contributed by atoms with Gasteiger partial charge in [-0.1, -0.05) is 0 Å². The van der Waals surface area contributed by atoms with E-state index in [9.17, 15) is 14.3 Å². The van der Waals surface area contributed by atoms with Crippen LogP contribution < -0.4 is 5.73 Å². The van der Waals surface area contributed by atoms with Gasteiger partial charge in [-0.2, -0.15) is 0 Å². The first-order valence-electron chi connectivity index (χ1n) is 5.89. The maximum atomic E-state index is 11.9. The van der Waals surface area contributed by atoms with Crippen LogP contribution in [-0.2, 0) is 16.0 Å². The molecule has 0 aliphatic rings. The molecule has 0 saturated heterocycles. The summed E-state index contributed by atoms with van der Waals surface area (Å²) in [4.78, 5) is 14.5. The Hall–Kier alpha value is -2.08. The Balaban J connectivity index is 2.12. The van der Waals surface area contributed by atoms with E-state index in [-0.39, 0.29) is 18.8 Å². The minimum atomic E-state index is -0.854. The highest BCUT2D eigenvalue weighted by atomic mass is 18.2.